The number of nitrogens with zero attached hydrogens (tertiary/aromatic N) is 5. The van der Waals surface area contributed by atoms with Crippen LogP contribution in [0, 0.1) is 11.8 Å². The summed E-state index contributed by atoms with van der Waals surface area (Å²) in [6.07, 6.45) is -2.37. The van der Waals surface area contributed by atoms with Gasteiger partial charge in [-0.05, 0) is 24.3 Å². The predicted octanol–water partition coefficient (Wildman–Crippen LogP) is 1.89. The van der Waals surface area contributed by atoms with E-state index in [2.05, 4.69) is 15.3 Å². The maximum atomic E-state index is 13.4. The van der Waals surface area contributed by atoms with Crippen LogP contribution in [0.15, 0.2) is 18.3 Å². The third kappa shape index (κ3) is 3.03. The Kier molecular flexibility index (Phi) is 3.44. The fraction of sp³-hybridized carbons (Fsp3) is 0.467. The number of carboxylic acids is 1. The van der Waals surface area contributed by atoms with Gasteiger partial charge in [0.2, 0.25) is 0 Å². The van der Waals surface area contributed by atoms with E-state index in [4.69, 9.17) is 5.11 Å². The Morgan fingerprint density at radius 2 is 2.00 bits per heavy atom. The number of alkyl halides is 3. The van der Waals surface area contributed by atoms with E-state index in [-0.39, 0.29) is 17.8 Å². The maximum absolute atomic E-state index is 13.4. The average molecular weight is 353 g/mol. The summed E-state index contributed by atoms with van der Waals surface area (Å²) in [5.74, 6) is 0.206. The lowest BCUT2D eigenvalue weighted by atomic mass is 10.1. The van der Waals surface area contributed by atoms with Crippen LogP contribution in [0.2, 0.25) is 0 Å². The van der Waals surface area contributed by atoms with Crippen molar-refractivity contribution in [3.63, 3.8) is 0 Å². The summed E-state index contributed by atoms with van der Waals surface area (Å²) in [5.41, 5.74) is -1.38. The normalized spacial score (nSPS) is 22.1. The molecule has 1 N–H and O–H groups in total. The first-order valence-electron chi connectivity index (χ1n) is 7.77. The minimum atomic E-state index is -4.61. The number of rotatable bonds is 4. The van der Waals surface area contributed by atoms with E-state index in [0.717, 1.165) is 30.4 Å². The fourth-order valence-electron chi connectivity index (χ4n) is 3.26. The van der Waals surface area contributed by atoms with E-state index in [9.17, 15) is 18.0 Å². The summed E-state index contributed by atoms with van der Waals surface area (Å²) in [6, 6.07) is 2.95. The predicted molar refractivity (Wildman–Crippen MR) is 79.1 cm³/mol. The largest absolute Gasteiger partial charge is 0.476 e. The lowest BCUT2D eigenvalue weighted by molar-refractivity contribution is -0.141. The summed E-state index contributed by atoms with van der Waals surface area (Å²) in [5, 5.41) is 15.8. The molecule has 2 unspecified atom stereocenters. The van der Waals surface area contributed by atoms with Gasteiger partial charge in [-0.1, -0.05) is 11.3 Å². The molecule has 25 heavy (non-hydrogen) atoms. The van der Waals surface area contributed by atoms with E-state index in [1.807, 2.05) is 4.90 Å². The second-order valence-corrected chi connectivity index (χ2v) is 6.44. The molecule has 2 aliphatic rings. The van der Waals surface area contributed by atoms with Crippen LogP contribution < -0.4 is 4.90 Å². The first kappa shape index (κ1) is 15.9. The van der Waals surface area contributed by atoms with Crippen molar-refractivity contribution in [2.75, 3.05) is 18.0 Å². The standard InChI is InChI=1S/C15H14F3N5O2/c16-15(17,18)13-8(6-23-7-11(14(24)25)20-21-23)1-2-12(19-13)22-4-9-3-10(9)5-22/h1-2,7,9-10H,3-6H2,(H,24,25). The van der Waals surface area contributed by atoms with Crippen LogP contribution in [0.25, 0.3) is 0 Å². The van der Waals surface area contributed by atoms with Crippen LogP contribution in [0.5, 0.6) is 0 Å². The van der Waals surface area contributed by atoms with Crippen LogP contribution in [0.1, 0.15) is 28.2 Å². The number of aromatic nitrogens is 4. The highest BCUT2D eigenvalue weighted by Crippen LogP contribution is 2.46. The lowest BCUT2D eigenvalue weighted by Gasteiger charge is -2.21. The Balaban J connectivity index is 1.62. The number of pyridine rings is 1. The fourth-order valence-corrected chi connectivity index (χ4v) is 3.26. The lowest BCUT2D eigenvalue weighted by Crippen LogP contribution is -2.25. The number of fused-ring (bicyclic) bond motifs is 1. The Labute approximate surface area is 140 Å². The molecule has 0 radical (unpaired) electrons. The van der Waals surface area contributed by atoms with Crippen molar-refractivity contribution in [3.8, 4) is 0 Å². The zero-order valence-corrected chi connectivity index (χ0v) is 12.9. The van der Waals surface area contributed by atoms with Gasteiger partial charge in [-0.3, -0.25) is 0 Å². The number of hydrogen-bond donors (Lipinski definition) is 1. The molecular formula is C15H14F3N5O2. The number of piperidine rings is 1. The molecule has 2 aromatic rings. The van der Waals surface area contributed by atoms with Crippen LogP contribution >= 0.6 is 0 Å². The van der Waals surface area contributed by atoms with Gasteiger partial charge in [0.05, 0.1) is 12.7 Å². The van der Waals surface area contributed by atoms with Gasteiger partial charge in [0, 0.05) is 18.7 Å². The monoisotopic (exact) mass is 353 g/mol. The van der Waals surface area contributed by atoms with E-state index in [0.29, 0.717) is 17.7 Å². The first-order chi connectivity index (χ1) is 11.8. The molecule has 7 nitrogen and oxygen atoms in total. The molecule has 132 valence electrons. The minimum Gasteiger partial charge on any atom is -0.476 e. The molecule has 1 saturated heterocycles. The second kappa shape index (κ2) is 5.43. The minimum absolute atomic E-state index is 0.0811. The van der Waals surface area contributed by atoms with E-state index in [1.54, 1.807) is 6.07 Å². The molecule has 2 atom stereocenters. The highest BCUT2D eigenvalue weighted by molar-refractivity contribution is 5.84. The molecule has 1 saturated carbocycles. The van der Waals surface area contributed by atoms with Crippen molar-refractivity contribution in [1.82, 2.24) is 20.0 Å². The number of halogens is 3. The number of aromatic carboxylic acids is 1. The Morgan fingerprint density at radius 3 is 2.60 bits per heavy atom. The number of carbonyl (C=O) groups is 1. The van der Waals surface area contributed by atoms with Crippen LogP contribution in [-0.4, -0.2) is 44.1 Å². The highest BCUT2D eigenvalue weighted by atomic mass is 19.4. The van der Waals surface area contributed by atoms with Gasteiger partial charge in [0.1, 0.15) is 5.82 Å². The molecule has 2 fully saturated rings. The Bertz CT molecular complexity index is 825. The zero-order chi connectivity index (χ0) is 17.8. The van der Waals surface area contributed by atoms with Crippen molar-refractivity contribution >= 4 is 11.8 Å². The summed E-state index contributed by atoms with van der Waals surface area (Å²) >= 11 is 0. The summed E-state index contributed by atoms with van der Waals surface area (Å²) < 4.78 is 41.3. The van der Waals surface area contributed by atoms with E-state index in [1.165, 1.54) is 6.07 Å². The van der Waals surface area contributed by atoms with Crippen molar-refractivity contribution in [1.29, 1.82) is 0 Å². The number of carboxylic acid groups (broad SMARTS) is 1. The molecule has 0 amide bonds. The molecule has 0 bridgehead atoms. The molecule has 10 heteroatoms. The average Bonchev–Trinajstić information content (AvgIpc) is 2.96. The molecule has 0 aromatic carbocycles. The van der Waals surface area contributed by atoms with Gasteiger partial charge in [0.25, 0.3) is 0 Å². The van der Waals surface area contributed by atoms with Gasteiger partial charge in [0.15, 0.2) is 11.4 Å². The molecule has 0 spiro atoms. The number of anilines is 1. The van der Waals surface area contributed by atoms with Crippen molar-refractivity contribution in [2.24, 2.45) is 11.8 Å². The van der Waals surface area contributed by atoms with Gasteiger partial charge >= 0.3 is 12.1 Å². The summed E-state index contributed by atoms with van der Waals surface area (Å²) in [4.78, 5) is 16.5. The molecule has 2 aromatic heterocycles. The molecule has 4 rings (SSSR count). The van der Waals surface area contributed by atoms with Crippen LogP contribution in [-0.2, 0) is 12.7 Å². The van der Waals surface area contributed by atoms with Crippen molar-refractivity contribution in [2.45, 2.75) is 19.1 Å². The third-order valence-electron chi connectivity index (χ3n) is 4.63. The molecule has 1 aliphatic heterocycles. The second-order valence-electron chi connectivity index (χ2n) is 6.44. The highest BCUT2D eigenvalue weighted by Gasteiger charge is 2.46. The third-order valence-corrected chi connectivity index (χ3v) is 4.63. The Hall–Kier alpha value is -2.65. The van der Waals surface area contributed by atoms with Crippen LogP contribution in [0.4, 0.5) is 19.0 Å². The topological polar surface area (TPSA) is 84.1 Å². The summed E-state index contributed by atoms with van der Waals surface area (Å²) in [7, 11) is 0. The van der Waals surface area contributed by atoms with Crippen LogP contribution in [0.3, 0.4) is 0 Å². The van der Waals surface area contributed by atoms with Gasteiger partial charge in [-0.25, -0.2) is 14.5 Å². The first-order valence-corrected chi connectivity index (χ1v) is 7.77. The van der Waals surface area contributed by atoms with E-state index < -0.39 is 17.8 Å². The Morgan fingerprint density at radius 1 is 1.28 bits per heavy atom. The number of hydrogen-bond acceptors (Lipinski definition) is 5. The smallest absolute Gasteiger partial charge is 0.433 e. The molecule has 3 heterocycles. The maximum Gasteiger partial charge on any atom is 0.433 e. The zero-order valence-electron chi connectivity index (χ0n) is 12.9. The quantitative estimate of drug-likeness (QED) is 0.904. The van der Waals surface area contributed by atoms with Gasteiger partial charge < -0.3 is 10.0 Å². The SMILES string of the molecule is O=C(O)c1cn(Cc2ccc(N3CC4CC4C3)nc2C(F)(F)F)nn1. The van der Waals surface area contributed by atoms with E-state index >= 15 is 0 Å². The van der Waals surface area contributed by atoms with Gasteiger partial charge in [-0.15, -0.1) is 5.10 Å². The van der Waals surface area contributed by atoms with Crippen molar-refractivity contribution < 1.29 is 23.1 Å². The van der Waals surface area contributed by atoms with Crippen molar-refractivity contribution in [3.05, 3.63) is 35.3 Å². The van der Waals surface area contributed by atoms with Gasteiger partial charge in [-0.2, -0.15) is 13.2 Å². The molecule has 1 aliphatic carbocycles. The molecular weight excluding hydrogens is 339 g/mol. The summed E-state index contributed by atoms with van der Waals surface area (Å²) in [6.45, 7) is 1.24.